The van der Waals surface area contributed by atoms with E-state index in [-0.39, 0.29) is 18.0 Å². The van der Waals surface area contributed by atoms with Crippen molar-refractivity contribution in [1.82, 2.24) is 9.88 Å². The summed E-state index contributed by atoms with van der Waals surface area (Å²) >= 11 is 0. The van der Waals surface area contributed by atoms with E-state index in [2.05, 4.69) is 5.32 Å². The highest BCUT2D eigenvalue weighted by Gasteiger charge is 2.18. The number of carbonyl (C=O) groups excluding carboxylic acids is 1. The van der Waals surface area contributed by atoms with Gasteiger partial charge in [-0.3, -0.25) is 4.79 Å². The predicted octanol–water partition coefficient (Wildman–Crippen LogP) is 2.40. The van der Waals surface area contributed by atoms with Crippen LogP contribution in [0.3, 0.4) is 0 Å². The van der Waals surface area contributed by atoms with Gasteiger partial charge in [0.05, 0.1) is 5.56 Å². The largest absolute Gasteiger partial charge is 0.478 e. The van der Waals surface area contributed by atoms with Crippen molar-refractivity contribution in [2.75, 3.05) is 0 Å². The number of fused-ring (bicyclic) bond motifs is 1. The zero-order chi connectivity index (χ0) is 14.8. The average molecular weight is 286 g/mol. The lowest BCUT2D eigenvalue weighted by molar-refractivity contribution is -0.122. The highest BCUT2D eigenvalue weighted by atomic mass is 16.4. The maximum absolute atomic E-state index is 12.1. The molecule has 1 aromatic carbocycles. The van der Waals surface area contributed by atoms with E-state index in [1.54, 1.807) is 29.0 Å². The topological polar surface area (TPSA) is 71.3 Å². The molecular weight excluding hydrogens is 268 g/mol. The highest BCUT2D eigenvalue weighted by Crippen LogP contribution is 2.21. The molecule has 0 spiro atoms. The van der Waals surface area contributed by atoms with Gasteiger partial charge in [0.25, 0.3) is 0 Å². The van der Waals surface area contributed by atoms with E-state index >= 15 is 0 Å². The first-order valence-electron chi connectivity index (χ1n) is 7.25. The van der Waals surface area contributed by atoms with Gasteiger partial charge in [-0.2, -0.15) is 0 Å². The molecule has 2 N–H and O–H groups in total. The molecule has 1 aliphatic carbocycles. The number of rotatable bonds is 4. The minimum Gasteiger partial charge on any atom is -0.478 e. The van der Waals surface area contributed by atoms with Crippen LogP contribution in [0.2, 0.25) is 0 Å². The molecule has 1 amide bonds. The van der Waals surface area contributed by atoms with Gasteiger partial charge in [-0.25, -0.2) is 4.79 Å². The molecule has 1 aliphatic rings. The van der Waals surface area contributed by atoms with Gasteiger partial charge in [-0.1, -0.05) is 18.9 Å². The van der Waals surface area contributed by atoms with Gasteiger partial charge in [0.2, 0.25) is 5.91 Å². The van der Waals surface area contributed by atoms with Gasteiger partial charge in [-0.05, 0) is 31.0 Å². The van der Waals surface area contributed by atoms with Crippen molar-refractivity contribution in [2.45, 2.75) is 38.3 Å². The molecule has 5 nitrogen and oxygen atoms in total. The standard InChI is InChI=1S/C16H18N2O3/c19-15(17-11-4-1-2-5-11)10-18-9-8-12-13(16(20)21)6-3-7-14(12)18/h3,6-9,11H,1-2,4-5,10H2,(H,17,19)(H,20,21). The Morgan fingerprint density at radius 1 is 1.24 bits per heavy atom. The SMILES string of the molecule is O=C(Cn1ccc2c(C(=O)O)cccc21)NC1CCCC1. The number of benzene rings is 1. The van der Waals surface area contributed by atoms with E-state index in [1.807, 2.05) is 6.07 Å². The molecule has 2 aromatic rings. The van der Waals surface area contributed by atoms with Crippen molar-refractivity contribution in [3.05, 3.63) is 36.0 Å². The summed E-state index contributed by atoms with van der Waals surface area (Å²) in [5.41, 5.74) is 1.04. The molecule has 0 unspecified atom stereocenters. The molecule has 1 saturated carbocycles. The van der Waals surface area contributed by atoms with E-state index in [1.165, 1.54) is 12.8 Å². The monoisotopic (exact) mass is 286 g/mol. The van der Waals surface area contributed by atoms with Gasteiger partial charge in [0.1, 0.15) is 6.54 Å². The van der Waals surface area contributed by atoms with Crippen LogP contribution < -0.4 is 5.32 Å². The summed E-state index contributed by atoms with van der Waals surface area (Å²) in [6.45, 7) is 0.225. The fourth-order valence-corrected chi connectivity index (χ4v) is 3.05. The van der Waals surface area contributed by atoms with Crippen LogP contribution in [0.1, 0.15) is 36.0 Å². The number of carbonyl (C=O) groups is 2. The number of carboxylic acids is 1. The third-order valence-corrected chi connectivity index (χ3v) is 4.08. The van der Waals surface area contributed by atoms with Crippen molar-refractivity contribution in [1.29, 1.82) is 0 Å². The number of nitrogens with zero attached hydrogens (tertiary/aromatic N) is 1. The Bertz CT molecular complexity index is 684. The molecule has 0 aliphatic heterocycles. The van der Waals surface area contributed by atoms with Gasteiger partial charge in [0.15, 0.2) is 0 Å². The Labute approximate surface area is 122 Å². The van der Waals surface area contributed by atoms with Crippen LogP contribution in [0.5, 0.6) is 0 Å². The molecule has 0 atom stereocenters. The fourth-order valence-electron chi connectivity index (χ4n) is 3.05. The first-order chi connectivity index (χ1) is 10.1. The molecule has 1 aromatic heterocycles. The lowest BCUT2D eigenvalue weighted by atomic mass is 10.1. The summed E-state index contributed by atoms with van der Waals surface area (Å²) < 4.78 is 1.80. The maximum Gasteiger partial charge on any atom is 0.336 e. The first-order valence-corrected chi connectivity index (χ1v) is 7.25. The molecule has 21 heavy (non-hydrogen) atoms. The Hall–Kier alpha value is -2.30. The van der Waals surface area contributed by atoms with Gasteiger partial charge < -0.3 is 15.0 Å². The van der Waals surface area contributed by atoms with Crippen molar-refractivity contribution >= 4 is 22.8 Å². The summed E-state index contributed by atoms with van der Waals surface area (Å²) in [4.78, 5) is 23.3. The zero-order valence-corrected chi connectivity index (χ0v) is 11.7. The third-order valence-electron chi connectivity index (χ3n) is 4.08. The second kappa shape index (κ2) is 5.60. The average Bonchev–Trinajstić information content (AvgIpc) is 3.08. The first kappa shape index (κ1) is 13.7. The Morgan fingerprint density at radius 3 is 2.71 bits per heavy atom. The molecule has 0 bridgehead atoms. The quantitative estimate of drug-likeness (QED) is 0.906. The minimum atomic E-state index is -0.950. The van der Waals surface area contributed by atoms with E-state index in [9.17, 15) is 14.7 Å². The normalized spacial score (nSPS) is 15.4. The van der Waals surface area contributed by atoms with E-state index in [0.29, 0.717) is 11.4 Å². The highest BCUT2D eigenvalue weighted by molar-refractivity contribution is 6.03. The fraction of sp³-hybridized carbons (Fsp3) is 0.375. The van der Waals surface area contributed by atoms with Crippen LogP contribution in [0.4, 0.5) is 0 Å². The Balaban J connectivity index is 1.79. The molecule has 0 radical (unpaired) electrons. The smallest absolute Gasteiger partial charge is 0.336 e. The number of aromatic carboxylic acids is 1. The third kappa shape index (κ3) is 2.77. The molecule has 0 saturated heterocycles. The van der Waals surface area contributed by atoms with Crippen molar-refractivity contribution in [3.63, 3.8) is 0 Å². The van der Waals surface area contributed by atoms with E-state index in [0.717, 1.165) is 18.4 Å². The van der Waals surface area contributed by atoms with Crippen LogP contribution in [0.25, 0.3) is 10.9 Å². The molecular formula is C16H18N2O3. The number of carboxylic acid groups (broad SMARTS) is 1. The summed E-state index contributed by atoms with van der Waals surface area (Å²) in [6.07, 6.45) is 6.24. The zero-order valence-electron chi connectivity index (χ0n) is 11.7. The van der Waals surface area contributed by atoms with Gasteiger partial charge in [-0.15, -0.1) is 0 Å². The van der Waals surface area contributed by atoms with Crippen LogP contribution in [0.15, 0.2) is 30.5 Å². The second-order valence-corrected chi connectivity index (χ2v) is 5.54. The van der Waals surface area contributed by atoms with Crippen LogP contribution in [-0.2, 0) is 11.3 Å². The molecule has 110 valence electrons. The molecule has 3 rings (SSSR count). The Morgan fingerprint density at radius 2 is 2.00 bits per heavy atom. The number of hydrogen-bond donors (Lipinski definition) is 2. The molecule has 5 heteroatoms. The molecule has 1 fully saturated rings. The van der Waals surface area contributed by atoms with E-state index in [4.69, 9.17) is 0 Å². The van der Waals surface area contributed by atoms with Gasteiger partial charge in [0, 0.05) is 23.1 Å². The summed E-state index contributed by atoms with van der Waals surface area (Å²) in [6, 6.07) is 7.17. The Kier molecular flexibility index (Phi) is 3.64. The predicted molar refractivity (Wildman–Crippen MR) is 79.3 cm³/mol. The van der Waals surface area contributed by atoms with Crippen molar-refractivity contribution < 1.29 is 14.7 Å². The summed E-state index contributed by atoms with van der Waals surface area (Å²) in [7, 11) is 0. The maximum atomic E-state index is 12.1. The second-order valence-electron chi connectivity index (χ2n) is 5.54. The minimum absolute atomic E-state index is 0.0138. The van der Waals surface area contributed by atoms with Crippen molar-refractivity contribution in [3.8, 4) is 0 Å². The van der Waals surface area contributed by atoms with Crippen LogP contribution in [-0.4, -0.2) is 27.6 Å². The lowest BCUT2D eigenvalue weighted by Crippen LogP contribution is -2.35. The number of hydrogen-bond acceptors (Lipinski definition) is 2. The number of nitrogens with one attached hydrogen (secondary N) is 1. The van der Waals surface area contributed by atoms with Crippen LogP contribution >= 0.6 is 0 Å². The molecule has 1 heterocycles. The number of aromatic nitrogens is 1. The van der Waals surface area contributed by atoms with Crippen molar-refractivity contribution in [2.24, 2.45) is 0 Å². The summed E-state index contributed by atoms with van der Waals surface area (Å²) in [5, 5.41) is 12.9. The lowest BCUT2D eigenvalue weighted by Gasteiger charge is -2.12. The van der Waals surface area contributed by atoms with E-state index < -0.39 is 5.97 Å². The number of amides is 1. The van der Waals surface area contributed by atoms with Crippen LogP contribution in [0, 0.1) is 0 Å². The summed E-state index contributed by atoms with van der Waals surface area (Å²) in [5.74, 6) is -0.964. The van der Waals surface area contributed by atoms with Gasteiger partial charge >= 0.3 is 5.97 Å².